The molecule has 0 atom stereocenters. The summed E-state index contributed by atoms with van der Waals surface area (Å²) in [7, 11) is -1.14. The SMILES string of the molecule is C[PH](C)(C)C(=S)S. The van der Waals surface area contributed by atoms with E-state index in [2.05, 4.69) is 32.6 Å². The van der Waals surface area contributed by atoms with E-state index in [1.54, 1.807) is 0 Å². The van der Waals surface area contributed by atoms with Crippen LogP contribution in [0.1, 0.15) is 0 Å². The van der Waals surface area contributed by atoms with Crippen molar-refractivity contribution in [2.24, 2.45) is 0 Å². The molecule has 0 aromatic rings. The third-order valence-electron chi connectivity index (χ3n) is 0.642. The molecule has 0 nitrogen and oxygen atoms in total. The molecule has 0 saturated heterocycles. The second-order valence-electron chi connectivity index (χ2n) is 2.56. The van der Waals surface area contributed by atoms with Crippen molar-refractivity contribution < 1.29 is 0 Å². The van der Waals surface area contributed by atoms with Crippen LogP contribution in [0, 0.1) is 0 Å². The van der Waals surface area contributed by atoms with Crippen molar-refractivity contribution >= 4 is 36.0 Å². The molecule has 0 bridgehead atoms. The van der Waals surface area contributed by atoms with Gasteiger partial charge in [0.25, 0.3) is 0 Å². The summed E-state index contributed by atoms with van der Waals surface area (Å²) in [6, 6.07) is 0. The Morgan fingerprint density at radius 1 is 1.43 bits per heavy atom. The molecular weight excluding hydrogens is 143 g/mol. The Morgan fingerprint density at radius 3 is 1.57 bits per heavy atom. The van der Waals surface area contributed by atoms with Crippen molar-refractivity contribution in [2.75, 3.05) is 20.0 Å². The predicted octanol–water partition coefficient (Wildman–Crippen LogP) is 1.84. The van der Waals surface area contributed by atoms with Crippen LogP contribution >= 0.6 is 32.1 Å². The van der Waals surface area contributed by atoms with Gasteiger partial charge in [-0.15, -0.1) is 0 Å². The van der Waals surface area contributed by atoms with Crippen molar-refractivity contribution in [2.45, 2.75) is 0 Å². The molecule has 0 N–H and O–H groups in total. The molecule has 0 saturated carbocycles. The summed E-state index contributed by atoms with van der Waals surface area (Å²) < 4.78 is 0.910. The van der Waals surface area contributed by atoms with Gasteiger partial charge in [-0.25, -0.2) is 0 Å². The average molecular weight is 154 g/mol. The fourth-order valence-corrected chi connectivity index (χ4v) is 0. The van der Waals surface area contributed by atoms with Crippen LogP contribution < -0.4 is 0 Å². The first-order chi connectivity index (χ1) is 2.94. The molecule has 0 spiro atoms. The molecule has 0 fully saturated rings. The van der Waals surface area contributed by atoms with E-state index in [-0.39, 0.29) is 0 Å². The molecule has 0 aliphatic heterocycles. The van der Waals surface area contributed by atoms with Gasteiger partial charge in [0.1, 0.15) is 0 Å². The van der Waals surface area contributed by atoms with Crippen LogP contribution in [0.25, 0.3) is 0 Å². The van der Waals surface area contributed by atoms with Crippen molar-refractivity contribution in [1.29, 1.82) is 0 Å². The molecule has 0 aromatic heterocycles. The van der Waals surface area contributed by atoms with E-state index in [4.69, 9.17) is 12.2 Å². The zero-order valence-corrected chi connectivity index (χ0v) is 7.57. The van der Waals surface area contributed by atoms with Crippen LogP contribution in [0.5, 0.6) is 0 Å². The van der Waals surface area contributed by atoms with Gasteiger partial charge in [0.05, 0.1) is 0 Å². The quantitative estimate of drug-likeness (QED) is 0.341. The second kappa shape index (κ2) is 2.43. The van der Waals surface area contributed by atoms with Gasteiger partial charge in [0.2, 0.25) is 0 Å². The average Bonchev–Trinajstić information content (AvgIpc) is 1.31. The zero-order chi connectivity index (χ0) is 6.08. The molecule has 7 heavy (non-hydrogen) atoms. The summed E-state index contributed by atoms with van der Waals surface area (Å²) in [6.07, 6.45) is 0. The minimum atomic E-state index is -1.14. The van der Waals surface area contributed by atoms with Gasteiger partial charge in [-0.2, -0.15) is 0 Å². The van der Waals surface area contributed by atoms with Gasteiger partial charge >= 0.3 is 56.0 Å². The van der Waals surface area contributed by atoms with E-state index < -0.39 is 7.26 Å². The topological polar surface area (TPSA) is 0 Å². The van der Waals surface area contributed by atoms with Crippen LogP contribution in [0.4, 0.5) is 0 Å². The van der Waals surface area contributed by atoms with Crippen LogP contribution in [-0.2, 0) is 0 Å². The van der Waals surface area contributed by atoms with Crippen molar-refractivity contribution in [3.05, 3.63) is 0 Å². The van der Waals surface area contributed by atoms with Gasteiger partial charge in [-0.05, 0) is 0 Å². The van der Waals surface area contributed by atoms with E-state index in [0.717, 1.165) is 3.94 Å². The molecule has 44 valence electrons. The summed E-state index contributed by atoms with van der Waals surface area (Å²) in [5, 5.41) is 0. The molecule has 0 radical (unpaired) electrons. The first-order valence-corrected chi connectivity index (χ1v) is 6.53. The van der Waals surface area contributed by atoms with Gasteiger partial charge in [-0.3, -0.25) is 0 Å². The Kier molecular flexibility index (Phi) is 2.73. The third-order valence-corrected chi connectivity index (χ3v) is 5.77. The second-order valence-corrected chi connectivity index (χ2v) is 9.50. The van der Waals surface area contributed by atoms with Crippen LogP contribution in [0.3, 0.4) is 0 Å². The van der Waals surface area contributed by atoms with Crippen LogP contribution in [0.2, 0.25) is 0 Å². The van der Waals surface area contributed by atoms with Crippen LogP contribution in [0.15, 0.2) is 0 Å². The van der Waals surface area contributed by atoms with E-state index in [1.165, 1.54) is 0 Å². The summed E-state index contributed by atoms with van der Waals surface area (Å²) in [4.78, 5) is 0. The number of thiocarbonyl (C=S) groups is 1. The maximum absolute atomic E-state index is 4.86. The Hall–Kier alpha value is 0.870. The molecule has 0 amide bonds. The van der Waals surface area contributed by atoms with Crippen molar-refractivity contribution in [3.63, 3.8) is 0 Å². The monoisotopic (exact) mass is 154 g/mol. The van der Waals surface area contributed by atoms with Crippen molar-refractivity contribution in [1.82, 2.24) is 0 Å². The van der Waals surface area contributed by atoms with Gasteiger partial charge in [0.15, 0.2) is 0 Å². The molecular formula is C4H11PS2. The van der Waals surface area contributed by atoms with E-state index in [0.29, 0.717) is 0 Å². The van der Waals surface area contributed by atoms with Gasteiger partial charge < -0.3 is 0 Å². The molecule has 0 aromatic carbocycles. The van der Waals surface area contributed by atoms with E-state index in [1.807, 2.05) is 0 Å². The first-order valence-electron chi connectivity index (χ1n) is 2.18. The molecule has 0 heterocycles. The maximum atomic E-state index is 4.86. The third kappa shape index (κ3) is 3.45. The van der Waals surface area contributed by atoms with Crippen LogP contribution in [-0.4, -0.2) is 23.9 Å². The number of rotatable bonds is 1. The Balaban J connectivity index is 3.79. The first kappa shape index (κ1) is 7.87. The molecule has 3 heteroatoms. The Labute approximate surface area is 56.4 Å². The van der Waals surface area contributed by atoms with Gasteiger partial charge in [-0.1, -0.05) is 0 Å². The summed E-state index contributed by atoms with van der Waals surface area (Å²) >= 11 is 8.93. The van der Waals surface area contributed by atoms with Gasteiger partial charge in [0, 0.05) is 0 Å². The standard InChI is InChI=1S/C4H11PS2/c1-5(2,3)4(6)7/h5H,1-3H3,(H,6,7). The number of thiol groups is 1. The Bertz CT molecular complexity index is 82.2. The van der Waals surface area contributed by atoms with E-state index >= 15 is 0 Å². The number of hydrogen-bond acceptors (Lipinski definition) is 1. The molecule has 0 unspecified atom stereocenters. The zero-order valence-electron chi connectivity index (χ0n) is 4.86. The normalized spacial score (nSPS) is 13.7. The number of hydrogen-bond donors (Lipinski definition) is 1. The molecule has 0 rings (SSSR count). The Morgan fingerprint density at radius 2 is 1.57 bits per heavy atom. The molecule has 0 aliphatic rings. The van der Waals surface area contributed by atoms with Crippen molar-refractivity contribution in [3.8, 4) is 0 Å². The fourth-order valence-electron chi connectivity index (χ4n) is 0. The fraction of sp³-hybridized carbons (Fsp3) is 0.750. The summed E-state index contributed by atoms with van der Waals surface area (Å²) in [5.41, 5.74) is 0. The molecule has 0 aliphatic carbocycles. The minimum absolute atomic E-state index is 0.910. The van der Waals surface area contributed by atoms with E-state index in [9.17, 15) is 0 Å². The summed E-state index contributed by atoms with van der Waals surface area (Å²) in [6.45, 7) is 6.55. The predicted molar refractivity (Wildman–Crippen MR) is 47.7 cm³/mol. The summed E-state index contributed by atoms with van der Waals surface area (Å²) in [5.74, 6) is 0.